The van der Waals surface area contributed by atoms with Gasteiger partial charge >= 0.3 is 6.03 Å². The Balaban J connectivity index is 1.71. The predicted molar refractivity (Wildman–Crippen MR) is 105 cm³/mol. The number of carbonyl (C=O) groups is 1. The number of nitrogens with zero attached hydrogens (tertiary/aromatic N) is 1. The number of benzene rings is 2. The van der Waals surface area contributed by atoms with Gasteiger partial charge in [-0.25, -0.2) is 4.79 Å². The molecule has 4 nitrogen and oxygen atoms in total. The van der Waals surface area contributed by atoms with Crippen molar-refractivity contribution in [3.05, 3.63) is 64.7 Å². The van der Waals surface area contributed by atoms with Gasteiger partial charge in [-0.2, -0.15) is 0 Å². The van der Waals surface area contributed by atoms with Crippen LogP contribution in [0.15, 0.2) is 48.5 Å². The van der Waals surface area contributed by atoms with E-state index < -0.39 is 0 Å². The summed E-state index contributed by atoms with van der Waals surface area (Å²) in [6.07, 6.45) is 2.83. The molecular formula is C21H25ClN2O2. The first-order valence-electron chi connectivity index (χ1n) is 9.09. The van der Waals surface area contributed by atoms with Gasteiger partial charge in [-0.3, -0.25) is 0 Å². The molecule has 0 bridgehead atoms. The normalized spacial score (nSPS) is 17.8. The van der Waals surface area contributed by atoms with E-state index in [0.29, 0.717) is 5.02 Å². The summed E-state index contributed by atoms with van der Waals surface area (Å²) in [5, 5.41) is 3.89. The van der Waals surface area contributed by atoms with Gasteiger partial charge in [0, 0.05) is 11.6 Å². The number of likely N-dealkylation sites (tertiary alicyclic amines) is 1. The van der Waals surface area contributed by atoms with E-state index in [2.05, 4.69) is 12.2 Å². The molecule has 0 spiro atoms. The van der Waals surface area contributed by atoms with Crippen LogP contribution in [0, 0.1) is 0 Å². The first-order valence-corrected chi connectivity index (χ1v) is 9.46. The third kappa shape index (κ3) is 4.13. The van der Waals surface area contributed by atoms with Crippen LogP contribution in [0.3, 0.4) is 0 Å². The predicted octanol–water partition coefficient (Wildman–Crippen LogP) is 5.35. The zero-order valence-electron chi connectivity index (χ0n) is 15.2. The lowest BCUT2D eigenvalue weighted by Gasteiger charge is -2.28. The van der Waals surface area contributed by atoms with Gasteiger partial charge in [0.25, 0.3) is 0 Å². The van der Waals surface area contributed by atoms with Crippen LogP contribution in [0.5, 0.6) is 5.75 Å². The van der Waals surface area contributed by atoms with E-state index >= 15 is 0 Å². The summed E-state index contributed by atoms with van der Waals surface area (Å²) in [6.45, 7) is 2.85. The van der Waals surface area contributed by atoms with E-state index in [9.17, 15) is 4.79 Å². The van der Waals surface area contributed by atoms with Crippen LogP contribution in [0.4, 0.5) is 4.79 Å². The number of ether oxygens (including phenoxy) is 1. The molecule has 2 aromatic rings. The maximum absolute atomic E-state index is 12.9. The Labute approximate surface area is 160 Å². The summed E-state index contributed by atoms with van der Waals surface area (Å²) in [5.74, 6) is 0.830. The molecule has 2 unspecified atom stereocenters. The van der Waals surface area contributed by atoms with Crippen molar-refractivity contribution in [1.29, 1.82) is 0 Å². The minimum Gasteiger partial charge on any atom is -0.497 e. The molecule has 0 aromatic heterocycles. The Bertz CT molecular complexity index is 731. The van der Waals surface area contributed by atoms with E-state index in [0.717, 1.165) is 42.7 Å². The minimum atomic E-state index is -0.0168. The van der Waals surface area contributed by atoms with Crippen LogP contribution in [0.1, 0.15) is 49.4 Å². The van der Waals surface area contributed by atoms with Gasteiger partial charge in [-0.15, -0.1) is 0 Å². The van der Waals surface area contributed by atoms with Crippen molar-refractivity contribution in [1.82, 2.24) is 10.2 Å². The maximum Gasteiger partial charge on any atom is 0.318 e. The highest BCUT2D eigenvalue weighted by atomic mass is 35.5. The number of hydrogen-bond donors (Lipinski definition) is 1. The smallest absolute Gasteiger partial charge is 0.318 e. The average molecular weight is 373 g/mol. The molecule has 1 aliphatic rings. The number of methoxy groups -OCH3 is 1. The van der Waals surface area contributed by atoms with Gasteiger partial charge in [0.05, 0.1) is 19.2 Å². The van der Waals surface area contributed by atoms with Gasteiger partial charge in [0.2, 0.25) is 0 Å². The average Bonchev–Trinajstić information content (AvgIpc) is 3.17. The van der Waals surface area contributed by atoms with E-state index in [1.54, 1.807) is 7.11 Å². The lowest BCUT2D eigenvalue weighted by molar-refractivity contribution is 0.188. The van der Waals surface area contributed by atoms with Crippen molar-refractivity contribution < 1.29 is 9.53 Å². The van der Waals surface area contributed by atoms with E-state index in [1.165, 1.54) is 0 Å². The highest BCUT2D eigenvalue weighted by molar-refractivity contribution is 6.30. The third-order valence-electron chi connectivity index (χ3n) is 4.99. The molecule has 2 atom stereocenters. The van der Waals surface area contributed by atoms with Crippen LogP contribution in [0.25, 0.3) is 0 Å². The summed E-state index contributed by atoms with van der Waals surface area (Å²) in [5.41, 5.74) is 2.23. The van der Waals surface area contributed by atoms with Gasteiger partial charge < -0.3 is 15.0 Å². The van der Waals surface area contributed by atoms with Crippen molar-refractivity contribution in [3.8, 4) is 5.75 Å². The van der Waals surface area contributed by atoms with Crippen LogP contribution >= 0.6 is 11.6 Å². The first kappa shape index (κ1) is 18.6. The highest BCUT2D eigenvalue weighted by Crippen LogP contribution is 2.33. The van der Waals surface area contributed by atoms with Gasteiger partial charge in [0.15, 0.2) is 0 Å². The summed E-state index contributed by atoms with van der Waals surface area (Å²) >= 11 is 5.97. The Morgan fingerprint density at radius 2 is 1.92 bits per heavy atom. The molecule has 0 radical (unpaired) electrons. The van der Waals surface area contributed by atoms with E-state index in [1.807, 2.05) is 53.4 Å². The molecule has 26 heavy (non-hydrogen) atoms. The second-order valence-corrected chi connectivity index (χ2v) is 7.02. The van der Waals surface area contributed by atoms with Crippen LogP contribution in [-0.2, 0) is 0 Å². The molecule has 138 valence electrons. The molecule has 5 heteroatoms. The quantitative estimate of drug-likeness (QED) is 0.768. The fourth-order valence-corrected chi connectivity index (χ4v) is 3.66. The summed E-state index contributed by atoms with van der Waals surface area (Å²) in [6, 6.07) is 15.8. The number of urea groups is 1. The Kier molecular flexibility index (Phi) is 6.04. The van der Waals surface area contributed by atoms with Crippen molar-refractivity contribution in [2.75, 3.05) is 13.7 Å². The highest BCUT2D eigenvalue weighted by Gasteiger charge is 2.31. The van der Waals surface area contributed by atoms with E-state index in [-0.39, 0.29) is 18.1 Å². The van der Waals surface area contributed by atoms with E-state index in [4.69, 9.17) is 16.3 Å². The number of rotatable bonds is 5. The molecular weight excluding hydrogens is 348 g/mol. The van der Waals surface area contributed by atoms with Crippen LogP contribution in [0.2, 0.25) is 5.02 Å². The second kappa shape index (κ2) is 8.45. The lowest BCUT2D eigenvalue weighted by Crippen LogP contribution is -2.41. The third-order valence-corrected chi connectivity index (χ3v) is 5.24. The number of carbonyl (C=O) groups excluding carboxylic acids is 1. The first-order chi connectivity index (χ1) is 12.6. The number of halogens is 1. The Morgan fingerprint density at radius 3 is 2.54 bits per heavy atom. The number of amides is 2. The van der Waals surface area contributed by atoms with Crippen molar-refractivity contribution in [2.45, 2.75) is 38.3 Å². The Morgan fingerprint density at radius 1 is 1.23 bits per heavy atom. The fraction of sp³-hybridized carbons (Fsp3) is 0.381. The topological polar surface area (TPSA) is 41.6 Å². The standard InChI is InChI=1S/C21H25ClN2O2/c1-3-19(15-6-10-17(22)11-7-15)23-21(25)24-14-4-5-20(24)16-8-12-18(26-2)13-9-16/h6-13,19-20H,3-5,14H2,1-2H3,(H,23,25). The molecule has 1 fully saturated rings. The summed E-state index contributed by atoms with van der Waals surface area (Å²) in [7, 11) is 1.66. The second-order valence-electron chi connectivity index (χ2n) is 6.59. The van der Waals surface area contributed by atoms with Gasteiger partial charge in [-0.05, 0) is 54.7 Å². The van der Waals surface area contributed by atoms with Gasteiger partial charge in [-0.1, -0.05) is 42.8 Å². The zero-order valence-corrected chi connectivity index (χ0v) is 16.0. The lowest BCUT2D eigenvalue weighted by atomic mass is 10.0. The monoisotopic (exact) mass is 372 g/mol. The van der Waals surface area contributed by atoms with Gasteiger partial charge in [0.1, 0.15) is 5.75 Å². The molecule has 3 rings (SSSR count). The molecule has 0 saturated carbocycles. The molecule has 1 N–H and O–H groups in total. The van der Waals surface area contributed by atoms with Crippen molar-refractivity contribution >= 4 is 17.6 Å². The largest absolute Gasteiger partial charge is 0.497 e. The van der Waals surface area contributed by atoms with Crippen LogP contribution in [-0.4, -0.2) is 24.6 Å². The number of hydrogen-bond acceptors (Lipinski definition) is 2. The minimum absolute atomic E-state index is 0.00915. The molecule has 2 aromatic carbocycles. The SMILES string of the molecule is CCC(NC(=O)N1CCCC1c1ccc(OC)cc1)c1ccc(Cl)cc1. The van der Waals surface area contributed by atoms with Crippen molar-refractivity contribution in [3.63, 3.8) is 0 Å². The molecule has 1 heterocycles. The summed E-state index contributed by atoms with van der Waals surface area (Å²) < 4.78 is 5.23. The zero-order chi connectivity index (χ0) is 18.5. The molecule has 1 saturated heterocycles. The number of nitrogens with one attached hydrogen (secondary N) is 1. The maximum atomic E-state index is 12.9. The molecule has 1 aliphatic heterocycles. The summed E-state index contributed by atoms with van der Waals surface area (Å²) in [4.78, 5) is 14.9. The van der Waals surface area contributed by atoms with Crippen molar-refractivity contribution in [2.24, 2.45) is 0 Å². The molecule has 2 amide bonds. The van der Waals surface area contributed by atoms with Crippen LogP contribution < -0.4 is 10.1 Å². The Hall–Kier alpha value is -2.20. The molecule has 0 aliphatic carbocycles. The fourth-order valence-electron chi connectivity index (χ4n) is 3.53.